The maximum atomic E-state index is 11.8. The van der Waals surface area contributed by atoms with Gasteiger partial charge in [0.2, 0.25) is 5.95 Å². The van der Waals surface area contributed by atoms with Crippen molar-refractivity contribution in [2.24, 2.45) is 5.84 Å². The molecule has 21 heavy (non-hydrogen) atoms. The SMILES string of the molecule is NNC(=O)c1cc(-c2ccccc2)nc(N2CCNC2)n1. The molecular weight excluding hydrogens is 268 g/mol. The second-order valence-electron chi connectivity index (χ2n) is 4.70. The first kappa shape index (κ1) is 13.5. The molecule has 7 nitrogen and oxygen atoms in total. The summed E-state index contributed by atoms with van der Waals surface area (Å²) in [6.45, 7) is 2.35. The molecule has 0 aliphatic carbocycles. The number of hydrogen-bond acceptors (Lipinski definition) is 6. The lowest BCUT2D eigenvalue weighted by Crippen LogP contribution is -2.32. The molecule has 0 radical (unpaired) electrons. The first-order valence-electron chi connectivity index (χ1n) is 6.69. The number of carbonyl (C=O) groups excluding carboxylic acids is 1. The highest BCUT2D eigenvalue weighted by atomic mass is 16.2. The summed E-state index contributed by atoms with van der Waals surface area (Å²) in [5.41, 5.74) is 4.00. The van der Waals surface area contributed by atoms with Crippen LogP contribution < -0.4 is 21.5 Å². The Kier molecular flexibility index (Phi) is 3.76. The molecule has 1 amide bonds. The third-order valence-corrected chi connectivity index (χ3v) is 3.29. The zero-order chi connectivity index (χ0) is 14.7. The number of anilines is 1. The van der Waals surface area contributed by atoms with Crippen LogP contribution in [0.15, 0.2) is 36.4 Å². The summed E-state index contributed by atoms with van der Waals surface area (Å²) in [5.74, 6) is 5.31. The van der Waals surface area contributed by atoms with E-state index in [1.54, 1.807) is 6.07 Å². The number of nitrogen functional groups attached to an aromatic ring is 1. The van der Waals surface area contributed by atoms with Gasteiger partial charge in [0.05, 0.1) is 12.4 Å². The van der Waals surface area contributed by atoms with Crippen molar-refractivity contribution in [1.82, 2.24) is 20.7 Å². The molecule has 0 bridgehead atoms. The smallest absolute Gasteiger partial charge is 0.283 e. The van der Waals surface area contributed by atoms with Crippen LogP contribution in [-0.2, 0) is 0 Å². The van der Waals surface area contributed by atoms with Crippen LogP contribution in [0.25, 0.3) is 11.3 Å². The van der Waals surface area contributed by atoms with E-state index in [1.165, 1.54) is 0 Å². The Morgan fingerprint density at radius 3 is 2.76 bits per heavy atom. The van der Waals surface area contributed by atoms with Crippen molar-refractivity contribution in [3.8, 4) is 11.3 Å². The van der Waals surface area contributed by atoms with Gasteiger partial charge in [-0.15, -0.1) is 0 Å². The lowest BCUT2D eigenvalue weighted by molar-refractivity contribution is 0.0948. The predicted molar refractivity (Wildman–Crippen MR) is 79.3 cm³/mol. The molecule has 1 aliphatic heterocycles. The van der Waals surface area contributed by atoms with E-state index >= 15 is 0 Å². The Bertz CT molecular complexity index is 639. The summed E-state index contributed by atoms with van der Waals surface area (Å²) in [6, 6.07) is 11.3. The Hall–Kier alpha value is -2.51. The normalized spacial score (nSPS) is 14.2. The first-order valence-corrected chi connectivity index (χ1v) is 6.69. The molecule has 108 valence electrons. The van der Waals surface area contributed by atoms with E-state index in [-0.39, 0.29) is 5.69 Å². The molecule has 2 aromatic rings. The van der Waals surface area contributed by atoms with Gasteiger partial charge in [-0.3, -0.25) is 15.5 Å². The van der Waals surface area contributed by atoms with Gasteiger partial charge < -0.3 is 4.90 Å². The summed E-state index contributed by atoms with van der Waals surface area (Å²) in [5, 5.41) is 3.21. The van der Waals surface area contributed by atoms with Gasteiger partial charge in [0.1, 0.15) is 5.69 Å². The van der Waals surface area contributed by atoms with Gasteiger partial charge in [0.15, 0.2) is 0 Å². The maximum absolute atomic E-state index is 11.8. The lowest BCUT2D eigenvalue weighted by Gasteiger charge is -2.16. The minimum absolute atomic E-state index is 0.258. The minimum atomic E-state index is -0.428. The number of nitrogens with zero attached hydrogens (tertiary/aromatic N) is 3. The third kappa shape index (κ3) is 2.83. The van der Waals surface area contributed by atoms with Crippen molar-refractivity contribution >= 4 is 11.9 Å². The van der Waals surface area contributed by atoms with Crippen molar-refractivity contribution in [2.75, 3.05) is 24.7 Å². The van der Waals surface area contributed by atoms with Gasteiger partial charge in [-0.25, -0.2) is 15.8 Å². The number of hydrogen-bond donors (Lipinski definition) is 3. The highest BCUT2D eigenvalue weighted by Crippen LogP contribution is 2.21. The molecule has 1 saturated heterocycles. The average Bonchev–Trinajstić information content (AvgIpc) is 3.09. The van der Waals surface area contributed by atoms with Crippen LogP contribution in [0.3, 0.4) is 0 Å². The number of carbonyl (C=O) groups is 1. The molecule has 1 aromatic heterocycles. The highest BCUT2D eigenvalue weighted by Gasteiger charge is 2.18. The summed E-state index contributed by atoms with van der Waals surface area (Å²) in [4.78, 5) is 22.6. The topological polar surface area (TPSA) is 96.2 Å². The van der Waals surface area contributed by atoms with E-state index in [0.29, 0.717) is 18.3 Å². The van der Waals surface area contributed by atoms with E-state index in [0.717, 1.165) is 18.7 Å². The van der Waals surface area contributed by atoms with E-state index in [1.807, 2.05) is 35.2 Å². The van der Waals surface area contributed by atoms with Crippen LogP contribution in [0.4, 0.5) is 5.95 Å². The zero-order valence-corrected chi connectivity index (χ0v) is 11.4. The van der Waals surface area contributed by atoms with Crippen LogP contribution in [0.5, 0.6) is 0 Å². The van der Waals surface area contributed by atoms with Crippen LogP contribution in [0.2, 0.25) is 0 Å². The Morgan fingerprint density at radius 1 is 1.29 bits per heavy atom. The molecule has 1 aliphatic rings. The fraction of sp³-hybridized carbons (Fsp3) is 0.214. The standard InChI is InChI=1S/C14H16N6O/c15-19-13(21)12-8-11(10-4-2-1-3-5-10)17-14(18-12)20-7-6-16-9-20/h1-5,8,16H,6-7,9,15H2,(H,19,21). The highest BCUT2D eigenvalue weighted by molar-refractivity contribution is 5.93. The van der Waals surface area contributed by atoms with Gasteiger partial charge >= 0.3 is 0 Å². The third-order valence-electron chi connectivity index (χ3n) is 3.29. The minimum Gasteiger partial charge on any atom is -0.327 e. The quantitative estimate of drug-likeness (QED) is 0.421. The van der Waals surface area contributed by atoms with Gasteiger partial charge in [0, 0.05) is 18.7 Å². The van der Waals surface area contributed by atoms with Gasteiger partial charge in [0.25, 0.3) is 5.91 Å². The summed E-state index contributed by atoms with van der Waals surface area (Å²) >= 11 is 0. The molecule has 3 rings (SSSR count). The molecule has 0 saturated carbocycles. The summed E-state index contributed by atoms with van der Waals surface area (Å²) in [6.07, 6.45) is 0. The number of hydrazine groups is 1. The number of amides is 1. The van der Waals surface area contributed by atoms with Crippen LogP contribution in [-0.4, -0.2) is 35.6 Å². The van der Waals surface area contributed by atoms with Gasteiger partial charge in [-0.05, 0) is 6.07 Å². The molecule has 7 heteroatoms. The van der Waals surface area contributed by atoms with Crippen LogP contribution in [0, 0.1) is 0 Å². The van der Waals surface area contributed by atoms with Gasteiger partial charge in [-0.2, -0.15) is 0 Å². The molecule has 1 fully saturated rings. The maximum Gasteiger partial charge on any atom is 0.283 e. The lowest BCUT2D eigenvalue weighted by atomic mass is 10.1. The second kappa shape index (κ2) is 5.86. The van der Waals surface area contributed by atoms with E-state index in [9.17, 15) is 4.79 Å². The monoisotopic (exact) mass is 284 g/mol. The Morgan fingerprint density at radius 2 is 2.10 bits per heavy atom. The largest absolute Gasteiger partial charge is 0.327 e. The molecule has 0 unspecified atom stereocenters. The van der Waals surface area contributed by atoms with Crippen molar-refractivity contribution in [1.29, 1.82) is 0 Å². The molecular formula is C14H16N6O. The Labute approximate surface area is 122 Å². The number of nitrogens with two attached hydrogens (primary N) is 1. The van der Waals surface area contributed by atoms with E-state index in [2.05, 4.69) is 20.7 Å². The predicted octanol–water partition coefficient (Wildman–Crippen LogP) is 0.114. The zero-order valence-electron chi connectivity index (χ0n) is 11.4. The summed E-state index contributed by atoms with van der Waals surface area (Å²) < 4.78 is 0. The van der Waals surface area contributed by atoms with Crippen LogP contribution in [0.1, 0.15) is 10.5 Å². The molecule has 0 spiro atoms. The number of rotatable bonds is 3. The van der Waals surface area contributed by atoms with Crippen molar-refractivity contribution in [3.63, 3.8) is 0 Å². The molecule has 2 heterocycles. The van der Waals surface area contributed by atoms with Crippen molar-refractivity contribution < 1.29 is 4.79 Å². The Balaban J connectivity index is 2.06. The van der Waals surface area contributed by atoms with Crippen molar-refractivity contribution in [2.45, 2.75) is 0 Å². The van der Waals surface area contributed by atoms with E-state index in [4.69, 9.17) is 5.84 Å². The van der Waals surface area contributed by atoms with Gasteiger partial charge in [-0.1, -0.05) is 30.3 Å². The summed E-state index contributed by atoms with van der Waals surface area (Å²) in [7, 11) is 0. The van der Waals surface area contributed by atoms with Crippen LogP contribution >= 0.6 is 0 Å². The average molecular weight is 284 g/mol. The fourth-order valence-electron chi connectivity index (χ4n) is 2.20. The van der Waals surface area contributed by atoms with Crippen molar-refractivity contribution in [3.05, 3.63) is 42.1 Å². The molecule has 4 N–H and O–H groups in total. The fourth-order valence-corrected chi connectivity index (χ4v) is 2.20. The van der Waals surface area contributed by atoms with E-state index < -0.39 is 5.91 Å². The molecule has 0 atom stereocenters. The number of nitrogens with one attached hydrogen (secondary N) is 2. The number of aromatic nitrogens is 2. The molecule has 1 aromatic carbocycles. The first-order chi connectivity index (χ1) is 10.3. The second-order valence-corrected chi connectivity index (χ2v) is 4.70. The number of benzene rings is 1.